The van der Waals surface area contributed by atoms with Gasteiger partial charge in [-0.25, -0.2) is 4.98 Å². The molecule has 0 unspecified atom stereocenters. The van der Waals surface area contributed by atoms with Crippen LogP contribution >= 0.6 is 11.8 Å². The minimum absolute atomic E-state index is 0.0593. The average Bonchev–Trinajstić information content (AvgIpc) is 3.02. The lowest BCUT2D eigenvalue weighted by atomic mass is 10.1. The molecule has 1 aromatic heterocycles. The quantitative estimate of drug-likeness (QED) is 0.713. The van der Waals surface area contributed by atoms with Crippen LogP contribution < -0.4 is 10.1 Å². The van der Waals surface area contributed by atoms with E-state index in [0.717, 1.165) is 16.7 Å². The molecule has 11 heteroatoms. The Kier molecular flexibility index (Phi) is 6.60. The summed E-state index contributed by atoms with van der Waals surface area (Å²) in [4.78, 5) is 40.8. The van der Waals surface area contributed by atoms with Crippen LogP contribution in [-0.2, 0) is 17.9 Å². The van der Waals surface area contributed by atoms with Gasteiger partial charge in [0.25, 0.3) is 11.1 Å². The Balaban J connectivity index is 1.63. The fourth-order valence-corrected chi connectivity index (χ4v) is 3.37. The Morgan fingerprint density at radius 3 is 2.73 bits per heavy atom. The van der Waals surface area contributed by atoms with Gasteiger partial charge in [0.2, 0.25) is 11.8 Å². The van der Waals surface area contributed by atoms with Crippen LogP contribution in [0.4, 0.5) is 18.0 Å². The fraction of sp³-hybridized carbons (Fsp3) is 0.263. The number of pyridine rings is 1. The molecule has 2 heterocycles. The summed E-state index contributed by atoms with van der Waals surface area (Å²) < 4.78 is 41.8. The molecule has 158 valence electrons. The predicted molar refractivity (Wildman–Crippen MR) is 102 cm³/mol. The van der Waals surface area contributed by atoms with Gasteiger partial charge in [-0.05, 0) is 23.8 Å². The van der Waals surface area contributed by atoms with Crippen molar-refractivity contribution in [2.24, 2.45) is 0 Å². The molecule has 1 N–H and O–H groups in total. The Morgan fingerprint density at radius 2 is 2.03 bits per heavy atom. The van der Waals surface area contributed by atoms with E-state index in [2.05, 4.69) is 10.3 Å². The first-order chi connectivity index (χ1) is 14.2. The molecule has 0 spiro atoms. The van der Waals surface area contributed by atoms with Crippen LogP contribution in [0.15, 0.2) is 42.6 Å². The second-order valence-corrected chi connectivity index (χ2v) is 7.22. The van der Waals surface area contributed by atoms with Crippen molar-refractivity contribution in [1.29, 1.82) is 0 Å². The molecule has 1 fully saturated rings. The molecule has 0 bridgehead atoms. The molecule has 1 aromatic carbocycles. The molecule has 0 radical (unpaired) electrons. The monoisotopic (exact) mass is 439 g/mol. The Hall–Kier alpha value is -3.08. The minimum atomic E-state index is -4.50. The Labute approximate surface area is 173 Å². The topological polar surface area (TPSA) is 88.6 Å². The van der Waals surface area contributed by atoms with Crippen LogP contribution in [0.3, 0.4) is 0 Å². The molecule has 30 heavy (non-hydrogen) atoms. The summed E-state index contributed by atoms with van der Waals surface area (Å²) in [6.07, 6.45) is -3.21. The molecule has 3 rings (SSSR count). The highest BCUT2D eigenvalue weighted by molar-refractivity contribution is 8.14. The number of thioether (sulfide) groups is 1. The smallest absolute Gasteiger partial charge is 0.422 e. The highest BCUT2D eigenvalue weighted by atomic mass is 32.2. The van der Waals surface area contributed by atoms with Gasteiger partial charge in [0.15, 0.2) is 6.61 Å². The van der Waals surface area contributed by atoms with Crippen molar-refractivity contribution < 1.29 is 32.3 Å². The first-order valence-electron chi connectivity index (χ1n) is 8.70. The number of hydrogen-bond acceptors (Lipinski definition) is 6. The molecule has 0 saturated carbocycles. The molecule has 1 aliphatic rings. The van der Waals surface area contributed by atoms with Crippen LogP contribution in [0, 0.1) is 0 Å². The summed E-state index contributed by atoms with van der Waals surface area (Å²) in [5, 5.41) is 2.26. The number of amides is 3. The van der Waals surface area contributed by atoms with E-state index >= 15 is 0 Å². The number of carbonyl (C=O) groups excluding carboxylic acids is 3. The summed E-state index contributed by atoms with van der Waals surface area (Å²) in [5.74, 6) is -0.880. The van der Waals surface area contributed by atoms with E-state index in [1.54, 1.807) is 24.3 Å². The fourth-order valence-electron chi connectivity index (χ4n) is 2.64. The molecule has 1 saturated heterocycles. The van der Waals surface area contributed by atoms with Crippen LogP contribution in [0.5, 0.6) is 5.88 Å². The van der Waals surface area contributed by atoms with Gasteiger partial charge in [0, 0.05) is 23.9 Å². The SMILES string of the molecule is O=C(NCc1cccnc1OCC(F)(F)F)c1cccc(CN2C(=O)CSC2=O)c1. The van der Waals surface area contributed by atoms with E-state index in [1.165, 1.54) is 18.3 Å². The standard InChI is InChI=1S/C19H16F3N3O4S/c20-19(21,22)11-29-17-14(5-2-6-23-17)8-24-16(27)13-4-1-3-12(7-13)9-25-15(26)10-30-18(25)28/h1-7H,8-11H2,(H,24,27). The molecule has 0 atom stereocenters. The number of benzene rings is 1. The zero-order valence-electron chi connectivity index (χ0n) is 15.4. The van der Waals surface area contributed by atoms with Crippen molar-refractivity contribution in [3.05, 3.63) is 59.3 Å². The normalized spacial score (nSPS) is 14.2. The van der Waals surface area contributed by atoms with Crippen LogP contribution in [0.2, 0.25) is 0 Å². The van der Waals surface area contributed by atoms with Crippen molar-refractivity contribution in [3.8, 4) is 5.88 Å². The van der Waals surface area contributed by atoms with Crippen molar-refractivity contribution in [1.82, 2.24) is 15.2 Å². The summed E-state index contributed by atoms with van der Waals surface area (Å²) >= 11 is 0.926. The molecule has 3 amide bonds. The number of aromatic nitrogens is 1. The number of nitrogens with zero attached hydrogens (tertiary/aromatic N) is 2. The van der Waals surface area contributed by atoms with Crippen molar-refractivity contribution in [2.45, 2.75) is 19.3 Å². The van der Waals surface area contributed by atoms with Gasteiger partial charge < -0.3 is 10.1 Å². The third kappa shape index (κ3) is 5.72. The number of nitrogens with one attached hydrogen (secondary N) is 1. The maximum atomic E-state index is 12.5. The number of rotatable bonds is 7. The maximum Gasteiger partial charge on any atom is 0.422 e. The van der Waals surface area contributed by atoms with Crippen molar-refractivity contribution in [3.63, 3.8) is 0 Å². The van der Waals surface area contributed by atoms with Crippen molar-refractivity contribution >= 4 is 28.8 Å². The second-order valence-electron chi connectivity index (χ2n) is 6.29. The summed E-state index contributed by atoms with van der Waals surface area (Å²) in [7, 11) is 0. The van der Waals surface area contributed by atoms with Gasteiger partial charge in [0.05, 0.1) is 12.3 Å². The Morgan fingerprint density at radius 1 is 1.23 bits per heavy atom. The lowest BCUT2D eigenvalue weighted by molar-refractivity contribution is -0.154. The number of alkyl halides is 3. The van der Waals surface area contributed by atoms with E-state index in [4.69, 9.17) is 4.74 Å². The summed E-state index contributed by atoms with van der Waals surface area (Å²) in [6, 6.07) is 9.41. The summed E-state index contributed by atoms with van der Waals surface area (Å²) in [5.41, 5.74) is 1.17. The first-order valence-corrected chi connectivity index (χ1v) is 9.69. The largest absolute Gasteiger partial charge is 0.468 e. The summed E-state index contributed by atoms with van der Waals surface area (Å²) in [6.45, 7) is -1.52. The molecule has 0 aliphatic carbocycles. The molecule has 2 aromatic rings. The zero-order valence-corrected chi connectivity index (χ0v) is 16.3. The maximum absolute atomic E-state index is 12.5. The number of carbonyl (C=O) groups is 3. The highest BCUT2D eigenvalue weighted by Gasteiger charge is 2.30. The van der Waals surface area contributed by atoms with Gasteiger partial charge in [-0.1, -0.05) is 30.0 Å². The van der Waals surface area contributed by atoms with Crippen LogP contribution in [0.1, 0.15) is 21.5 Å². The molecule has 7 nitrogen and oxygen atoms in total. The van der Waals surface area contributed by atoms with E-state index in [1.807, 2.05) is 0 Å². The predicted octanol–water partition coefficient (Wildman–Crippen LogP) is 3.15. The Bertz CT molecular complexity index is 952. The second kappa shape index (κ2) is 9.16. The third-order valence-corrected chi connectivity index (χ3v) is 4.89. The molecule has 1 aliphatic heterocycles. The van der Waals surface area contributed by atoms with Crippen LogP contribution in [-0.4, -0.2) is 45.5 Å². The number of halogens is 3. The number of hydrogen-bond donors (Lipinski definition) is 1. The molecular weight excluding hydrogens is 423 g/mol. The van der Waals surface area contributed by atoms with Gasteiger partial charge in [-0.3, -0.25) is 19.3 Å². The van der Waals surface area contributed by atoms with Gasteiger partial charge in [0.1, 0.15) is 0 Å². The number of imide groups is 1. The lowest BCUT2D eigenvalue weighted by Crippen LogP contribution is -2.28. The zero-order chi connectivity index (χ0) is 21.7. The number of ether oxygens (including phenoxy) is 1. The van der Waals surface area contributed by atoms with E-state index in [0.29, 0.717) is 5.56 Å². The average molecular weight is 439 g/mol. The van der Waals surface area contributed by atoms with Gasteiger partial charge >= 0.3 is 6.18 Å². The van der Waals surface area contributed by atoms with E-state index in [9.17, 15) is 27.6 Å². The minimum Gasteiger partial charge on any atom is -0.468 e. The van der Waals surface area contributed by atoms with Gasteiger partial charge in [-0.2, -0.15) is 13.2 Å². The van der Waals surface area contributed by atoms with Crippen LogP contribution in [0.25, 0.3) is 0 Å². The van der Waals surface area contributed by atoms with E-state index in [-0.39, 0.29) is 47.0 Å². The van der Waals surface area contributed by atoms with Gasteiger partial charge in [-0.15, -0.1) is 0 Å². The van der Waals surface area contributed by atoms with Crippen molar-refractivity contribution in [2.75, 3.05) is 12.4 Å². The highest BCUT2D eigenvalue weighted by Crippen LogP contribution is 2.22. The first kappa shape index (κ1) is 21.6. The molecular formula is C19H16F3N3O4S. The lowest BCUT2D eigenvalue weighted by Gasteiger charge is -2.14. The van der Waals surface area contributed by atoms with E-state index < -0.39 is 18.7 Å². The third-order valence-electron chi connectivity index (χ3n) is 4.03.